The first-order valence-corrected chi connectivity index (χ1v) is 8.08. The van der Waals surface area contributed by atoms with E-state index >= 15 is 0 Å². The van der Waals surface area contributed by atoms with E-state index in [-0.39, 0.29) is 6.04 Å². The van der Waals surface area contributed by atoms with Crippen LogP contribution in [0.1, 0.15) is 32.1 Å². The van der Waals surface area contributed by atoms with Crippen LogP contribution in [0, 0.1) is 5.92 Å². The molecule has 0 bridgehead atoms. The lowest BCUT2D eigenvalue weighted by Gasteiger charge is -2.32. The number of nitrogens with two attached hydrogens (primary N) is 1. The van der Waals surface area contributed by atoms with E-state index in [2.05, 4.69) is 5.32 Å². The molecule has 0 spiro atoms. The summed E-state index contributed by atoms with van der Waals surface area (Å²) in [7, 11) is -2.75. The zero-order chi connectivity index (χ0) is 11.6. The molecule has 1 aliphatic heterocycles. The van der Waals surface area contributed by atoms with Crippen LogP contribution < -0.4 is 11.1 Å². The summed E-state index contributed by atoms with van der Waals surface area (Å²) in [6, 6.07) is 0.787. The Kier molecular flexibility index (Phi) is 3.87. The summed E-state index contributed by atoms with van der Waals surface area (Å²) in [6.45, 7) is 0.843. The van der Waals surface area contributed by atoms with Gasteiger partial charge in [-0.05, 0) is 31.6 Å². The number of rotatable bonds is 4. The van der Waals surface area contributed by atoms with Crippen LogP contribution in [0.25, 0.3) is 0 Å². The summed E-state index contributed by atoms with van der Waals surface area (Å²) in [5.74, 6) is 1.04. The number of sulfone groups is 1. The van der Waals surface area contributed by atoms with Crippen LogP contribution in [-0.2, 0) is 9.84 Å². The SMILES string of the molecule is NC(CNC1CCC1)C1CCS(=O)(=O)CC1. The van der Waals surface area contributed by atoms with Gasteiger partial charge in [0.1, 0.15) is 9.84 Å². The van der Waals surface area contributed by atoms with Crippen LogP contribution in [0.15, 0.2) is 0 Å². The molecular formula is C11H22N2O2S. The summed E-state index contributed by atoms with van der Waals surface area (Å²) in [6.07, 6.45) is 5.36. The highest BCUT2D eigenvalue weighted by Gasteiger charge is 2.28. The molecule has 2 fully saturated rings. The Bertz CT molecular complexity index is 311. The molecule has 0 amide bonds. The fraction of sp³-hybridized carbons (Fsp3) is 1.00. The second-order valence-corrected chi connectivity index (χ2v) is 7.49. The van der Waals surface area contributed by atoms with Crippen LogP contribution in [0.4, 0.5) is 0 Å². The number of hydrogen-bond donors (Lipinski definition) is 2. The van der Waals surface area contributed by atoms with Gasteiger partial charge in [0.2, 0.25) is 0 Å². The van der Waals surface area contributed by atoms with Gasteiger partial charge in [0.05, 0.1) is 11.5 Å². The maximum atomic E-state index is 11.3. The molecule has 2 aliphatic rings. The van der Waals surface area contributed by atoms with Crippen molar-refractivity contribution in [1.82, 2.24) is 5.32 Å². The third-order valence-electron chi connectivity index (χ3n) is 3.95. The van der Waals surface area contributed by atoms with Gasteiger partial charge in [-0.2, -0.15) is 0 Å². The molecule has 0 radical (unpaired) electrons. The van der Waals surface area contributed by atoms with Crippen molar-refractivity contribution >= 4 is 9.84 Å². The highest BCUT2D eigenvalue weighted by Crippen LogP contribution is 2.22. The molecule has 1 atom stereocenters. The highest BCUT2D eigenvalue weighted by molar-refractivity contribution is 7.91. The molecule has 94 valence electrons. The Labute approximate surface area is 97.9 Å². The highest BCUT2D eigenvalue weighted by atomic mass is 32.2. The van der Waals surface area contributed by atoms with Gasteiger partial charge in [-0.25, -0.2) is 8.42 Å². The lowest BCUT2D eigenvalue weighted by Crippen LogP contribution is -2.47. The molecule has 1 unspecified atom stereocenters. The van der Waals surface area contributed by atoms with Crippen molar-refractivity contribution < 1.29 is 8.42 Å². The smallest absolute Gasteiger partial charge is 0.150 e. The maximum Gasteiger partial charge on any atom is 0.150 e. The predicted octanol–water partition coefficient (Wildman–Crippen LogP) is 0.281. The lowest BCUT2D eigenvalue weighted by molar-refractivity contribution is 0.300. The molecule has 1 saturated carbocycles. The van der Waals surface area contributed by atoms with E-state index in [1.807, 2.05) is 0 Å². The van der Waals surface area contributed by atoms with E-state index in [4.69, 9.17) is 5.73 Å². The average molecular weight is 246 g/mol. The third kappa shape index (κ3) is 3.18. The van der Waals surface area contributed by atoms with E-state index < -0.39 is 9.84 Å². The summed E-state index contributed by atoms with van der Waals surface area (Å²) in [4.78, 5) is 0. The molecule has 5 heteroatoms. The van der Waals surface area contributed by atoms with Gasteiger partial charge >= 0.3 is 0 Å². The fourth-order valence-corrected chi connectivity index (χ4v) is 3.95. The molecule has 1 saturated heterocycles. The molecule has 0 aromatic heterocycles. The largest absolute Gasteiger partial charge is 0.326 e. The van der Waals surface area contributed by atoms with E-state index in [9.17, 15) is 8.42 Å². The third-order valence-corrected chi connectivity index (χ3v) is 5.67. The zero-order valence-corrected chi connectivity index (χ0v) is 10.5. The Morgan fingerprint density at radius 1 is 1.19 bits per heavy atom. The van der Waals surface area contributed by atoms with E-state index in [1.165, 1.54) is 19.3 Å². The number of nitrogens with one attached hydrogen (secondary N) is 1. The molecular weight excluding hydrogens is 224 g/mol. The summed E-state index contributed by atoms with van der Waals surface area (Å²) >= 11 is 0. The molecule has 0 aromatic rings. The number of hydrogen-bond acceptors (Lipinski definition) is 4. The minimum absolute atomic E-state index is 0.121. The van der Waals surface area contributed by atoms with Crippen LogP contribution in [0.3, 0.4) is 0 Å². The van der Waals surface area contributed by atoms with Crippen molar-refractivity contribution in [1.29, 1.82) is 0 Å². The van der Waals surface area contributed by atoms with E-state index in [0.717, 1.165) is 19.4 Å². The molecule has 4 nitrogen and oxygen atoms in total. The first-order valence-electron chi connectivity index (χ1n) is 6.26. The monoisotopic (exact) mass is 246 g/mol. The topological polar surface area (TPSA) is 72.2 Å². The van der Waals surface area contributed by atoms with Gasteiger partial charge in [0.15, 0.2) is 0 Å². The summed E-state index contributed by atoms with van der Waals surface area (Å²) in [5.41, 5.74) is 6.11. The van der Waals surface area contributed by atoms with Crippen molar-refractivity contribution in [3.05, 3.63) is 0 Å². The van der Waals surface area contributed by atoms with Gasteiger partial charge in [-0.15, -0.1) is 0 Å². The van der Waals surface area contributed by atoms with Gasteiger partial charge in [0, 0.05) is 18.6 Å². The molecule has 0 aromatic carbocycles. The van der Waals surface area contributed by atoms with Gasteiger partial charge in [-0.1, -0.05) is 6.42 Å². The Morgan fingerprint density at radius 3 is 2.31 bits per heavy atom. The van der Waals surface area contributed by atoms with Crippen molar-refractivity contribution in [3.63, 3.8) is 0 Å². The second-order valence-electron chi connectivity index (χ2n) is 5.19. The summed E-state index contributed by atoms with van der Waals surface area (Å²) in [5, 5.41) is 3.46. The second kappa shape index (κ2) is 5.02. The Balaban J connectivity index is 1.70. The molecule has 1 aliphatic carbocycles. The maximum absolute atomic E-state index is 11.3. The van der Waals surface area contributed by atoms with Crippen molar-refractivity contribution in [2.75, 3.05) is 18.1 Å². The average Bonchev–Trinajstić information content (AvgIpc) is 2.15. The van der Waals surface area contributed by atoms with Crippen molar-refractivity contribution in [2.45, 2.75) is 44.2 Å². The standard InChI is InChI=1S/C11H22N2O2S/c12-11(8-13-10-2-1-3-10)9-4-6-16(14,15)7-5-9/h9-11,13H,1-8,12H2. The van der Waals surface area contributed by atoms with Gasteiger partial charge in [-0.3, -0.25) is 0 Å². The molecule has 16 heavy (non-hydrogen) atoms. The van der Waals surface area contributed by atoms with Crippen LogP contribution >= 0.6 is 0 Å². The zero-order valence-electron chi connectivity index (χ0n) is 9.69. The molecule has 1 heterocycles. The minimum atomic E-state index is -2.75. The van der Waals surface area contributed by atoms with Crippen LogP contribution in [0.5, 0.6) is 0 Å². The normalized spacial score (nSPS) is 28.6. The predicted molar refractivity (Wildman–Crippen MR) is 65.0 cm³/mol. The van der Waals surface area contributed by atoms with E-state index in [1.54, 1.807) is 0 Å². The lowest BCUT2D eigenvalue weighted by atomic mass is 9.91. The van der Waals surface area contributed by atoms with Crippen LogP contribution in [-0.4, -0.2) is 38.6 Å². The first-order chi connectivity index (χ1) is 7.57. The van der Waals surface area contributed by atoms with Crippen molar-refractivity contribution in [3.8, 4) is 0 Å². The van der Waals surface area contributed by atoms with Crippen LogP contribution in [0.2, 0.25) is 0 Å². The Hall–Kier alpha value is -0.130. The first kappa shape index (κ1) is 12.3. The fourth-order valence-electron chi connectivity index (χ4n) is 2.42. The Morgan fingerprint density at radius 2 is 1.81 bits per heavy atom. The van der Waals surface area contributed by atoms with Gasteiger partial charge in [0.25, 0.3) is 0 Å². The van der Waals surface area contributed by atoms with Crippen molar-refractivity contribution in [2.24, 2.45) is 11.7 Å². The minimum Gasteiger partial charge on any atom is -0.326 e. The molecule has 2 rings (SSSR count). The molecule has 3 N–H and O–H groups in total. The van der Waals surface area contributed by atoms with E-state index in [0.29, 0.717) is 23.5 Å². The quantitative estimate of drug-likeness (QED) is 0.747. The summed E-state index contributed by atoms with van der Waals surface area (Å²) < 4.78 is 22.6. The van der Waals surface area contributed by atoms with Gasteiger partial charge < -0.3 is 11.1 Å².